The van der Waals surface area contributed by atoms with Gasteiger partial charge in [0.2, 0.25) is 5.91 Å². The van der Waals surface area contributed by atoms with E-state index in [1.165, 1.54) is 0 Å². The first-order valence-corrected chi connectivity index (χ1v) is 4.81. The van der Waals surface area contributed by atoms with Crippen molar-refractivity contribution < 1.29 is 9.53 Å². The van der Waals surface area contributed by atoms with E-state index in [-0.39, 0.29) is 5.91 Å². The molecule has 0 N–H and O–H groups in total. The van der Waals surface area contributed by atoms with E-state index >= 15 is 0 Å². The second-order valence-corrected chi connectivity index (χ2v) is 3.07. The van der Waals surface area contributed by atoms with Crippen molar-refractivity contribution in [2.75, 3.05) is 26.3 Å². The molecule has 0 spiro atoms. The molecule has 0 aromatic carbocycles. The third kappa shape index (κ3) is 2.56. The summed E-state index contributed by atoms with van der Waals surface area (Å²) >= 11 is 0. The minimum absolute atomic E-state index is 0.174. The fourth-order valence-corrected chi connectivity index (χ4v) is 1.45. The maximum atomic E-state index is 11.8. The zero-order valence-corrected chi connectivity index (χ0v) is 8.38. The van der Waals surface area contributed by atoms with Crippen LogP contribution in [-0.4, -0.2) is 37.1 Å². The molecule has 0 aliphatic carbocycles. The molecule has 1 amide bonds. The maximum absolute atomic E-state index is 11.8. The van der Waals surface area contributed by atoms with Crippen LogP contribution in [0.3, 0.4) is 0 Å². The first-order chi connectivity index (χ1) is 6.29. The van der Waals surface area contributed by atoms with Gasteiger partial charge in [-0.25, -0.2) is 0 Å². The number of hydrogen-bond acceptors (Lipinski definition) is 2. The van der Waals surface area contributed by atoms with Gasteiger partial charge >= 0.3 is 0 Å². The molecule has 1 fully saturated rings. The van der Waals surface area contributed by atoms with Crippen molar-refractivity contribution in [2.24, 2.45) is 0 Å². The Kier molecular flexibility index (Phi) is 3.96. The van der Waals surface area contributed by atoms with E-state index in [1.54, 1.807) is 0 Å². The van der Waals surface area contributed by atoms with Crippen LogP contribution in [0.2, 0.25) is 0 Å². The van der Waals surface area contributed by atoms with E-state index in [0.29, 0.717) is 13.2 Å². The number of morpholine rings is 1. The van der Waals surface area contributed by atoms with Crippen LogP contribution in [0.5, 0.6) is 0 Å². The number of rotatable bonds is 2. The molecule has 0 saturated carbocycles. The highest BCUT2D eigenvalue weighted by molar-refractivity contribution is 5.93. The quantitative estimate of drug-likeness (QED) is 0.602. The molecule has 1 aliphatic rings. The molecule has 0 radical (unpaired) electrons. The van der Waals surface area contributed by atoms with Crippen molar-refractivity contribution >= 4 is 5.91 Å². The van der Waals surface area contributed by atoms with Crippen molar-refractivity contribution in [3.05, 3.63) is 11.6 Å². The number of nitrogens with zero attached hydrogens (tertiary/aromatic N) is 1. The summed E-state index contributed by atoms with van der Waals surface area (Å²) in [5.74, 6) is 0.174. The normalized spacial score (nSPS) is 18.9. The number of ether oxygens (including phenoxy) is 1. The van der Waals surface area contributed by atoms with E-state index in [1.807, 2.05) is 24.8 Å². The predicted octanol–water partition coefficient (Wildman–Crippen LogP) is 1.20. The van der Waals surface area contributed by atoms with Gasteiger partial charge in [0.1, 0.15) is 0 Å². The van der Waals surface area contributed by atoms with Gasteiger partial charge in [0, 0.05) is 18.7 Å². The van der Waals surface area contributed by atoms with Crippen LogP contribution in [0, 0.1) is 0 Å². The monoisotopic (exact) mass is 183 g/mol. The summed E-state index contributed by atoms with van der Waals surface area (Å²) in [5, 5.41) is 0. The van der Waals surface area contributed by atoms with Crippen molar-refractivity contribution in [3.8, 4) is 0 Å². The van der Waals surface area contributed by atoms with E-state index in [9.17, 15) is 4.79 Å². The predicted molar refractivity (Wildman–Crippen MR) is 51.4 cm³/mol. The summed E-state index contributed by atoms with van der Waals surface area (Å²) in [4.78, 5) is 13.6. The molecule has 1 saturated heterocycles. The lowest BCUT2D eigenvalue weighted by atomic mass is 10.1. The number of carbonyl (C=O) groups excluding carboxylic acids is 1. The fourth-order valence-electron chi connectivity index (χ4n) is 1.45. The zero-order chi connectivity index (χ0) is 9.68. The third-order valence-electron chi connectivity index (χ3n) is 2.30. The lowest BCUT2D eigenvalue weighted by Gasteiger charge is -2.27. The van der Waals surface area contributed by atoms with E-state index in [2.05, 4.69) is 0 Å². The summed E-state index contributed by atoms with van der Waals surface area (Å²) in [7, 11) is 0. The molecule has 3 nitrogen and oxygen atoms in total. The van der Waals surface area contributed by atoms with E-state index in [4.69, 9.17) is 4.74 Å². The number of carbonyl (C=O) groups is 1. The Labute approximate surface area is 79.4 Å². The van der Waals surface area contributed by atoms with Gasteiger partial charge in [0.25, 0.3) is 0 Å². The van der Waals surface area contributed by atoms with Gasteiger partial charge < -0.3 is 9.64 Å². The van der Waals surface area contributed by atoms with Gasteiger partial charge in [-0.05, 0) is 13.3 Å². The second-order valence-electron chi connectivity index (χ2n) is 3.07. The minimum Gasteiger partial charge on any atom is -0.378 e. The van der Waals surface area contributed by atoms with Crippen LogP contribution in [0.4, 0.5) is 0 Å². The van der Waals surface area contributed by atoms with Crippen molar-refractivity contribution in [1.29, 1.82) is 0 Å². The van der Waals surface area contributed by atoms with E-state index < -0.39 is 0 Å². The van der Waals surface area contributed by atoms with Gasteiger partial charge in [0.05, 0.1) is 13.2 Å². The Hall–Kier alpha value is -0.830. The van der Waals surface area contributed by atoms with Crippen LogP contribution in [-0.2, 0) is 9.53 Å². The fraction of sp³-hybridized carbons (Fsp3) is 0.700. The zero-order valence-electron chi connectivity index (χ0n) is 8.38. The second kappa shape index (κ2) is 5.02. The van der Waals surface area contributed by atoms with Crippen molar-refractivity contribution in [1.82, 2.24) is 4.90 Å². The molecule has 0 atom stereocenters. The summed E-state index contributed by atoms with van der Waals surface area (Å²) in [6.45, 7) is 6.73. The van der Waals surface area contributed by atoms with Gasteiger partial charge in [0.15, 0.2) is 0 Å². The Balaban J connectivity index is 2.54. The molecular weight excluding hydrogens is 166 g/mol. The van der Waals surface area contributed by atoms with E-state index in [0.717, 1.165) is 25.1 Å². The first kappa shape index (κ1) is 10.3. The van der Waals surface area contributed by atoms with Crippen LogP contribution in [0.15, 0.2) is 11.6 Å². The summed E-state index contributed by atoms with van der Waals surface area (Å²) in [6, 6.07) is 0. The van der Waals surface area contributed by atoms with Gasteiger partial charge in [-0.2, -0.15) is 0 Å². The average molecular weight is 183 g/mol. The van der Waals surface area contributed by atoms with Crippen LogP contribution >= 0.6 is 0 Å². The lowest BCUT2D eigenvalue weighted by Crippen LogP contribution is -2.41. The molecular formula is C10H17NO2. The SMILES string of the molecule is C/C=C(\CC)C(=O)N1CCOCC1. The third-order valence-corrected chi connectivity index (χ3v) is 2.30. The maximum Gasteiger partial charge on any atom is 0.249 e. The minimum atomic E-state index is 0.174. The molecule has 0 aromatic heterocycles. The first-order valence-electron chi connectivity index (χ1n) is 4.81. The molecule has 3 heteroatoms. The largest absolute Gasteiger partial charge is 0.378 e. The average Bonchev–Trinajstić information content (AvgIpc) is 2.21. The number of hydrogen-bond donors (Lipinski definition) is 0. The molecule has 0 aromatic rings. The Morgan fingerprint density at radius 2 is 2.08 bits per heavy atom. The summed E-state index contributed by atoms with van der Waals surface area (Å²) < 4.78 is 5.18. The van der Waals surface area contributed by atoms with Crippen LogP contribution < -0.4 is 0 Å². The molecule has 1 rings (SSSR count). The van der Waals surface area contributed by atoms with Gasteiger partial charge in [-0.1, -0.05) is 13.0 Å². The molecule has 74 valence electrons. The molecule has 0 bridgehead atoms. The van der Waals surface area contributed by atoms with Crippen molar-refractivity contribution in [3.63, 3.8) is 0 Å². The highest BCUT2D eigenvalue weighted by atomic mass is 16.5. The van der Waals surface area contributed by atoms with Gasteiger partial charge in [-0.15, -0.1) is 0 Å². The van der Waals surface area contributed by atoms with Crippen molar-refractivity contribution in [2.45, 2.75) is 20.3 Å². The highest BCUT2D eigenvalue weighted by Gasteiger charge is 2.18. The Morgan fingerprint density at radius 3 is 2.54 bits per heavy atom. The standard InChI is InChI=1S/C10H17NO2/c1-3-9(4-2)10(12)11-5-7-13-8-6-11/h3H,4-8H2,1-2H3/b9-3+. The number of amides is 1. The highest BCUT2D eigenvalue weighted by Crippen LogP contribution is 2.08. The molecule has 1 aliphatic heterocycles. The molecule has 13 heavy (non-hydrogen) atoms. The summed E-state index contributed by atoms with van der Waals surface area (Å²) in [5.41, 5.74) is 0.905. The van der Waals surface area contributed by atoms with Gasteiger partial charge in [-0.3, -0.25) is 4.79 Å². The van der Waals surface area contributed by atoms with Crippen LogP contribution in [0.1, 0.15) is 20.3 Å². The topological polar surface area (TPSA) is 29.5 Å². The Morgan fingerprint density at radius 1 is 1.46 bits per heavy atom. The van der Waals surface area contributed by atoms with Crippen LogP contribution in [0.25, 0.3) is 0 Å². The number of allylic oxidation sites excluding steroid dienone is 1. The molecule has 1 heterocycles. The lowest BCUT2D eigenvalue weighted by molar-refractivity contribution is -0.131. The summed E-state index contributed by atoms with van der Waals surface area (Å²) in [6.07, 6.45) is 2.71. The Bertz CT molecular complexity index is 205. The molecule has 0 unspecified atom stereocenters. The smallest absolute Gasteiger partial charge is 0.249 e.